The van der Waals surface area contributed by atoms with Crippen molar-refractivity contribution in [2.45, 2.75) is 110 Å². The molecule has 0 radical (unpaired) electrons. The zero-order chi connectivity index (χ0) is 27.1. The van der Waals surface area contributed by atoms with Gasteiger partial charge in [-0.05, 0) is 45.3 Å². The van der Waals surface area contributed by atoms with Gasteiger partial charge in [-0.25, -0.2) is 0 Å². The SMILES string of the molecule is C(=C\c1cccnc1)/c1ccccc1.CC(C)(C)C.CC(C)(C)C.CCC(C)(C)CC(C)(C)C. The average molecular weight is 468 g/mol. The van der Waals surface area contributed by atoms with Gasteiger partial charge in [0.1, 0.15) is 0 Å². The summed E-state index contributed by atoms with van der Waals surface area (Å²) in [5.74, 6) is 0. The van der Waals surface area contributed by atoms with Gasteiger partial charge in [0.25, 0.3) is 0 Å². The summed E-state index contributed by atoms with van der Waals surface area (Å²) in [5.41, 5.74) is 4.34. The third-order valence-corrected chi connectivity index (χ3v) is 3.92. The molecular weight excluding hydrogens is 410 g/mol. The van der Waals surface area contributed by atoms with Gasteiger partial charge in [0.05, 0.1) is 0 Å². The van der Waals surface area contributed by atoms with Gasteiger partial charge in [-0.2, -0.15) is 0 Å². The smallest absolute Gasteiger partial charge is 0.0340 e. The molecule has 0 spiro atoms. The van der Waals surface area contributed by atoms with Crippen LogP contribution in [0.25, 0.3) is 12.2 Å². The molecule has 0 amide bonds. The standard InChI is InChI=1S/C13H11N.C10H22.2C5H12/c1-2-5-12(6-3-1)8-9-13-7-4-10-14-11-13;1-7-10(5,6)8-9(2,3)4;2*1-5(2,3)4/h1-11H;7-8H2,1-6H3;2*1-4H3/b9-8+;;;. The van der Waals surface area contributed by atoms with Crippen LogP contribution in [-0.2, 0) is 0 Å². The highest BCUT2D eigenvalue weighted by Crippen LogP contribution is 2.35. The Labute approximate surface area is 214 Å². The average Bonchev–Trinajstić information content (AvgIpc) is 2.64. The predicted molar refractivity (Wildman–Crippen MR) is 158 cm³/mol. The summed E-state index contributed by atoms with van der Waals surface area (Å²) >= 11 is 0. The van der Waals surface area contributed by atoms with Gasteiger partial charge in [0, 0.05) is 12.4 Å². The van der Waals surface area contributed by atoms with Crippen molar-refractivity contribution in [1.82, 2.24) is 4.98 Å². The van der Waals surface area contributed by atoms with Crippen molar-refractivity contribution in [3.63, 3.8) is 0 Å². The van der Waals surface area contributed by atoms with Crippen molar-refractivity contribution in [3.05, 3.63) is 66.0 Å². The highest BCUT2D eigenvalue weighted by molar-refractivity contribution is 5.68. The maximum Gasteiger partial charge on any atom is 0.0340 e. The summed E-state index contributed by atoms with van der Waals surface area (Å²) in [6.45, 7) is 31.4. The monoisotopic (exact) mass is 467 g/mol. The van der Waals surface area contributed by atoms with E-state index >= 15 is 0 Å². The number of nitrogens with zero attached hydrogens (tertiary/aromatic N) is 1. The molecule has 0 fully saturated rings. The summed E-state index contributed by atoms with van der Waals surface area (Å²) in [4.78, 5) is 4.05. The Kier molecular flexibility index (Phi) is 16.0. The van der Waals surface area contributed by atoms with Gasteiger partial charge in [-0.3, -0.25) is 4.98 Å². The second kappa shape index (κ2) is 15.9. The largest absolute Gasteiger partial charge is 0.264 e. The molecule has 1 heterocycles. The lowest BCUT2D eigenvalue weighted by molar-refractivity contribution is 0.206. The van der Waals surface area contributed by atoms with E-state index in [1.54, 1.807) is 6.20 Å². The molecule has 1 nitrogen and oxygen atoms in total. The van der Waals surface area contributed by atoms with E-state index < -0.39 is 0 Å². The number of hydrogen-bond donors (Lipinski definition) is 0. The molecule has 0 N–H and O–H groups in total. The third-order valence-electron chi connectivity index (χ3n) is 3.92. The Bertz CT molecular complexity index is 683. The highest BCUT2D eigenvalue weighted by Gasteiger charge is 2.23. The fraction of sp³-hybridized carbons (Fsp3) is 0.606. The molecule has 1 aromatic heterocycles. The number of rotatable bonds is 4. The van der Waals surface area contributed by atoms with Gasteiger partial charge in [0.15, 0.2) is 0 Å². The molecule has 0 aliphatic rings. The van der Waals surface area contributed by atoms with Crippen molar-refractivity contribution in [1.29, 1.82) is 0 Å². The highest BCUT2D eigenvalue weighted by atomic mass is 14.6. The first kappa shape index (κ1) is 34.3. The molecule has 0 unspecified atom stereocenters. The van der Waals surface area contributed by atoms with E-state index in [4.69, 9.17) is 0 Å². The quantitative estimate of drug-likeness (QED) is 0.435. The Balaban J connectivity index is 0. The molecule has 0 aliphatic heterocycles. The van der Waals surface area contributed by atoms with E-state index in [1.165, 1.54) is 18.4 Å². The Morgan fingerprint density at radius 3 is 1.35 bits per heavy atom. The fourth-order valence-electron chi connectivity index (χ4n) is 2.79. The molecule has 194 valence electrons. The summed E-state index contributed by atoms with van der Waals surface area (Å²) in [6, 6.07) is 14.2. The molecule has 0 aliphatic carbocycles. The van der Waals surface area contributed by atoms with Crippen molar-refractivity contribution in [2.24, 2.45) is 21.7 Å². The molecular formula is C33H57N. The van der Waals surface area contributed by atoms with Crippen molar-refractivity contribution >= 4 is 12.2 Å². The zero-order valence-corrected chi connectivity index (χ0v) is 25.2. The van der Waals surface area contributed by atoms with Gasteiger partial charge in [-0.15, -0.1) is 0 Å². The Morgan fingerprint density at radius 1 is 0.618 bits per heavy atom. The van der Waals surface area contributed by atoms with Crippen LogP contribution in [0.1, 0.15) is 121 Å². The van der Waals surface area contributed by atoms with Crippen LogP contribution in [0.15, 0.2) is 54.9 Å². The summed E-state index contributed by atoms with van der Waals surface area (Å²) < 4.78 is 0. The van der Waals surface area contributed by atoms with Gasteiger partial charge < -0.3 is 0 Å². The first-order valence-corrected chi connectivity index (χ1v) is 12.8. The van der Waals surface area contributed by atoms with Gasteiger partial charge in [-0.1, -0.05) is 152 Å². The lowest BCUT2D eigenvalue weighted by Crippen LogP contribution is -2.19. The number of hydrogen-bond acceptors (Lipinski definition) is 1. The van der Waals surface area contributed by atoms with E-state index in [2.05, 4.69) is 126 Å². The maximum absolute atomic E-state index is 4.05. The maximum atomic E-state index is 4.05. The van der Waals surface area contributed by atoms with Crippen LogP contribution in [0.2, 0.25) is 0 Å². The first-order chi connectivity index (χ1) is 15.2. The molecule has 1 aromatic carbocycles. The lowest BCUT2D eigenvalue weighted by Gasteiger charge is -2.31. The molecule has 1 heteroatoms. The van der Waals surface area contributed by atoms with Crippen LogP contribution < -0.4 is 0 Å². The van der Waals surface area contributed by atoms with Crippen LogP contribution in [-0.4, -0.2) is 4.98 Å². The van der Waals surface area contributed by atoms with E-state index in [1.807, 2.05) is 36.5 Å². The predicted octanol–water partition coefficient (Wildman–Crippen LogP) is 11.2. The Morgan fingerprint density at radius 2 is 1.03 bits per heavy atom. The summed E-state index contributed by atoms with van der Waals surface area (Å²) in [7, 11) is 0. The molecule has 0 atom stereocenters. The van der Waals surface area contributed by atoms with E-state index in [-0.39, 0.29) is 0 Å². The minimum absolute atomic E-state index is 0.486. The minimum atomic E-state index is 0.486. The summed E-state index contributed by atoms with van der Waals surface area (Å²) in [6.07, 6.45) is 10.4. The van der Waals surface area contributed by atoms with Crippen molar-refractivity contribution in [2.75, 3.05) is 0 Å². The van der Waals surface area contributed by atoms with Gasteiger partial charge in [0.2, 0.25) is 0 Å². The summed E-state index contributed by atoms with van der Waals surface area (Å²) in [5, 5.41) is 0. The second-order valence-corrected chi connectivity index (χ2v) is 14.3. The van der Waals surface area contributed by atoms with Gasteiger partial charge >= 0.3 is 0 Å². The van der Waals surface area contributed by atoms with E-state index in [0.29, 0.717) is 21.7 Å². The number of pyridine rings is 1. The van der Waals surface area contributed by atoms with Crippen LogP contribution >= 0.6 is 0 Å². The normalized spacial score (nSPS) is 11.9. The molecule has 2 rings (SSSR count). The first-order valence-electron chi connectivity index (χ1n) is 12.8. The molecule has 2 aromatic rings. The van der Waals surface area contributed by atoms with Crippen LogP contribution in [0, 0.1) is 21.7 Å². The number of benzene rings is 1. The fourth-order valence-corrected chi connectivity index (χ4v) is 2.79. The van der Waals surface area contributed by atoms with E-state index in [9.17, 15) is 0 Å². The Hall–Kier alpha value is -1.89. The molecule has 0 saturated carbocycles. The number of aromatic nitrogens is 1. The zero-order valence-electron chi connectivity index (χ0n) is 25.2. The topological polar surface area (TPSA) is 12.9 Å². The van der Waals surface area contributed by atoms with Crippen LogP contribution in [0.3, 0.4) is 0 Å². The van der Waals surface area contributed by atoms with Crippen molar-refractivity contribution in [3.8, 4) is 0 Å². The van der Waals surface area contributed by atoms with Crippen LogP contribution in [0.5, 0.6) is 0 Å². The molecule has 0 bridgehead atoms. The van der Waals surface area contributed by atoms with Crippen molar-refractivity contribution < 1.29 is 0 Å². The van der Waals surface area contributed by atoms with E-state index in [0.717, 1.165) is 5.56 Å². The molecule has 34 heavy (non-hydrogen) atoms. The lowest BCUT2D eigenvalue weighted by atomic mass is 9.75. The minimum Gasteiger partial charge on any atom is -0.264 e. The van der Waals surface area contributed by atoms with Crippen LogP contribution in [0.4, 0.5) is 0 Å². The third kappa shape index (κ3) is 32.3. The second-order valence-electron chi connectivity index (χ2n) is 14.3. The molecule has 0 saturated heterocycles.